The quantitative estimate of drug-likeness (QED) is 0.908. The number of hydrogen-bond acceptors (Lipinski definition) is 2. The summed E-state index contributed by atoms with van der Waals surface area (Å²) < 4.78 is 41.2. The smallest absolute Gasteiger partial charge is 0.416 e. The summed E-state index contributed by atoms with van der Waals surface area (Å²) in [4.78, 5) is 15.5. The highest BCUT2D eigenvalue weighted by Gasteiger charge is 2.34. The molecule has 0 radical (unpaired) electrons. The minimum absolute atomic E-state index is 0.0768. The van der Waals surface area contributed by atoms with Crippen LogP contribution in [-0.2, 0) is 18.1 Å². The van der Waals surface area contributed by atoms with E-state index < -0.39 is 23.1 Å². The zero-order valence-corrected chi connectivity index (χ0v) is 13.9. The fraction of sp³-hybridized carbons (Fsp3) is 0.412. The third kappa shape index (κ3) is 3.44. The molecule has 1 aromatic carbocycles. The molecule has 1 N–H and O–H groups in total. The van der Waals surface area contributed by atoms with E-state index in [4.69, 9.17) is 0 Å². The van der Waals surface area contributed by atoms with Gasteiger partial charge in [-0.15, -0.1) is 0 Å². The monoisotopic (exact) mass is 340 g/mol. The van der Waals surface area contributed by atoms with Crippen molar-refractivity contribution in [2.24, 2.45) is 0 Å². The van der Waals surface area contributed by atoms with E-state index in [9.17, 15) is 23.1 Å². The van der Waals surface area contributed by atoms with Crippen LogP contribution in [0, 0.1) is 6.92 Å². The molecule has 1 aromatic heterocycles. The highest BCUT2D eigenvalue weighted by Crippen LogP contribution is 2.33. The number of rotatable bonds is 3. The number of aromatic carboxylic acids is 1. The topological polar surface area (TPSA) is 55.1 Å². The number of aromatic nitrogens is 2. The molecule has 0 spiro atoms. The van der Waals surface area contributed by atoms with Crippen LogP contribution >= 0.6 is 0 Å². The SMILES string of the molecule is Cc1c(C(=O)O)nc(C(C)(C)C)n1Cc1ccccc1C(F)(F)F. The zero-order valence-electron chi connectivity index (χ0n) is 13.9. The van der Waals surface area contributed by atoms with Gasteiger partial charge in [-0.25, -0.2) is 9.78 Å². The Balaban J connectivity index is 2.61. The van der Waals surface area contributed by atoms with Crippen LogP contribution in [0.25, 0.3) is 0 Å². The predicted molar refractivity (Wildman–Crippen MR) is 83.2 cm³/mol. The van der Waals surface area contributed by atoms with Crippen molar-refractivity contribution in [3.05, 3.63) is 52.6 Å². The Morgan fingerprint density at radius 2 is 1.79 bits per heavy atom. The van der Waals surface area contributed by atoms with Crippen molar-refractivity contribution in [1.82, 2.24) is 9.55 Å². The summed E-state index contributed by atoms with van der Waals surface area (Å²) in [5.41, 5.74) is -0.956. The Bertz CT molecular complexity index is 771. The van der Waals surface area contributed by atoms with Gasteiger partial charge in [0.2, 0.25) is 0 Å². The molecule has 2 aromatic rings. The molecule has 0 fully saturated rings. The molecule has 4 nitrogen and oxygen atoms in total. The lowest BCUT2D eigenvalue weighted by molar-refractivity contribution is -0.138. The minimum Gasteiger partial charge on any atom is -0.476 e. The van der Waals surface area contributed by atoms with E-state index in [0.717, 1.165) is 6.07 Å². The highest BCUT2D eigenvalue weighted by molar-refractivity contribution is 5.86. The molecule has 0 saturated carbocycles. The van der Waals surface area contributed by atoms with Crippen LogP contribution < -0.4 is 0 Å². The molecular formula is C17H19F3N2O2. The largest absolute Gasteiger partial charge is 0.476 e. The normalized spacial score (nSPS) is 12.5. The zero-order chi connectivity index (χ0) is 18.3. The van der Waals surface area contributed by atoms with E-state index in [0.29, 0.717) is 11.5 Å². The average Bonchev–Trinajstić information content (AvgIpc) is 2.76. The van der Waals surface area contributed by atoms with Crippen molar-refractivity contribution in [1.29, 1.82) is 0 Å². The van der Waals surface area contributed by atoms with Gasteiger partial charge in [0.15, 0.2) is 5.69 Å². The predicted octanol–water partition coefficient (Wildman–Crippen LogP) is 4.25. The molecule has 0 aliphatic rings. The van der Waals surface area contributed by atoms with Crippen molar-refractivity contribution in [3.8, 4) is 0 Å². The van der Waals surface area contributed by atoms with Gasteiger partial charge in [0.05, 0.1) is 5.56 Å². The number of carboxylic acids is 1. The number of hydrogen-bond donors (Lipinski definition) is 1. The maximum absolute atomic E-state index is 13.2. The number of halogens is 3. The van der Waals surface area contributed by atoms with E-state index >= 15 is 0 Å². The molecule has 130 valence electrons. The van der Waals surface area contributed by atoms with Gasteiger partial charge in [0.25, 0.3) is 0 Å². The molecule has 0 bridgehead atoms. The van der Waals surface area contributed by atoms with E-state index in [1.165, 1.54) is 18.2 Å². The Morgan fingerprint density at radius 1 is 1.21 bits per heavy atom. The summed E-state index contributed by atoms with van der Waals surface area (Å²) in [6.45, 7) is 6.99. The first-order chi connectivity index (χ1) is 10.9. The van der Waals surface area contributed by atoms with E-state index in [-0.39, 0.29) is 17.8 Å². The van der Waals surface area contributed by atoms with Gasteiger partial charge in [0, 0.05) is 17.7 Å². The second-order valence-electron chi connectivity index (χ2n) is 6.67. The standard InChI is InChI=1S/C17H19F3N2O2/c1-10-13(14(23)24)21-15(16(2,3)4)22(10)9-11-7-5-6-8-12(11)17(18,19)20/h5-8H,9H2,1-4H3,(H,23,24). The van der Waals surface area contributed by atoms with Gasteiger partial charge >= 0.3 is 12.1 Å². The lowest BCUT2D eigenvalue weighted by Crippen LogP contribution is -2.21. The first kappa shape index (κ1) is 18.0. The molecular weight excluding hydrogens is 321 g/mol. The van der Waals surface area contributed by atoms with Crippen molar-refractivity contribution in [2.45, 2.75) is 45.8 Å². The Hall–Kier alpha value is -2.31. The van der Waals surface area contributed by atoms with Crippen LogP contribution in [0.4, 0.5) is 13.2 Å². The molecule has 0 unspecified atom stereocenters. The molecule has 0 aliphatic heterocycles. The summed E-state index contributed by atoms with van der Waals surface area (Å²) in [6, 6.07) is 5.29. The van der Waals surface area contributed by atoms with Crippen molar-refractivity contribution < 1.29 is 23.1 Å². The van der Waals surface area contributed by atoms with E-state index in [2.05, 4.69) is 4.98 Å². The van der Waals surface area contributed by atoms with Gasteiger partial charge in [-0.1, -0.05) is 39.0 Å². The van der Waals surface area contributed by atoms with Crippen molar-refractivity contribution in [3.63, 3.8) is 0 Å². The van der Waals surface area contributed by atoms with Crippen LogP contribution in [0.5, 0.6) is 0 Å². The van der Waals surface area contributed by atoms with E-state index in [1.807, 2.05) is 20.8 Å². The van der Waals surface area contributed by atoms with Crippen molar-refractivity contribution >= 4 is 5.97 Å². The van der Waals surface area contributed by atoms with Gasteiger partial charge in [-0.3, -0.25) is 0 Å². The van der Waals surface area contributed by atoms with Crippen molar-refractivity contribution in [2.75, 3.05) is 0 Å². The summed E-state index contributed by atoms with van der Waals surface area (Å²) in [5, 5.41) is 9.26. The van der Waals surface area contributed by atoms with E-state index in [1.54, 1.807) is 11.5 Å². The maximum atomic E-state index is 13.2. The second kappa shape index (κ2) is 5.96. The number of benzene rings is 1. The summed E-state index contributed by atoms with van der Waals surface area (Å²) in [5.74, 6) is -0.754. The maximum Gasteiger partial charge on any atom is 0.416 e. The Labute approximate surface area is 137 Å². The van der Waals surface area contributed by atoms with Crippen LogP contribution in [0.15, 0.2) is 24.3 Å². The molecule has 2 rings (SSSR count). The van der Waals surface area contributed by atoms with Gasteiger partial charge < -0.3 is 9.67 Å². The van der Waals surface area contributed by atoms with Crippen LogP contribution in [0.3, 0.4) is 0 Å². The lowest BCUT2D eigenvalue weighted by Gasteiger charge is -2.22. The third-order valence-corrected chi connectivity index (χ3v) is 3.75. The highest BCUT2D eigenvalue weighted by atomic mass is 19.4. The van der Waals surface area contributed by atoms with Gasteiger partial charge in [-0.05, 0) is 18.6 Å². The Morgan fingerprint density at radius 3 is 2.29 bits per heavy atom. The minimum atomic E-state index is -4.47. The fourth-order valence-corrected chi connectivity index (χ4v) is 2.61. The van der Waals surface area contributed by atoms with Gasteiger partial charge in [0.1, 0.15) is 5.82 Å². The number of nitrogens with zero attached hydrogens (tertiary/aromatic N) is 2. The molecule has 7 heteroatoms. The van der Waals surface area contributed by atoms with Gasteiger partial charge in [-0.2, -0.15) is 13.2 Å². The lowest BCUT2D eigenvalue weighted by atomic mass is 9.95. The summed E-state index contributed by atoms with van der Waals surface area (Å²) in [7, 11) is 0. The third-order valence-electron chi connectivity index (χ3n) is 3.75. The van der Waals surface area contributed by atoms with Crippen LogP contribution in [-0.4, -0.2) is 20.6 Å². The van der Waals surface area contributed by atoms with Crippen LogP contribution in [0.1, 0.15) is 53.9 Å². The first-order valence-corrected chi connectivity index (χ1v) is 7.39. The Kier molecular flexibility index (Phi) is 4.48. The number of carbonyl (C=O) groups is 1. The molecule has 24 heavy (non-hydrogen) atoms. The second-order valence-corrected chi connectivity index (χ2v) is 6.67. The molecule has 0 amide bonds. The molecule has 0 saturated heterocycles. The number of imidazole rings is 1. The molecule has 1 heterocycles. The van der Waals surface area contributed by atoms with Crippen LogP contribution in [0.2, 0.25) is 0 Å². The number of alkyl halides is 3. The number of carboxylic acid groups (broad SMARTS) is 1. The molecule has 0 atom stereocenters. The average molecular weight is 340 g/mol. The molecule has 0 aliphatic carbocycles. The summed E-state index contributed by atoms with van der Waals surface area (Å²) >= 11 is 0. The first-order valence-electron chi connectivity index (χ1n) is 7.39. The fourth-order valence-electron chi connectivity index (χ4n) is 2.61. The summed E-state index contributed by atoms with van der Waals surface area (Å²) in [6.07, 6.45) is -4.47.